The van der Waals surface area contributed by atoms with Crippen molar-refractivity contribution < 1.29 is 9.59 Å². The van der Waals surface area contributed by atoms with Crippen molar-refractivity contribution in [2.45, 2.75) is 71.3 Å². The third-order valence-corrected chi connectivity index (χ3v) is 3.47. The molecule has 3 nitrogen and oxygen atoms in total. The SMILES string of the molecule is CCCC(CCC)C(=O)NC1CCCC(=O)C1. The first-order valence-electron chi connectivity index (χ1n) is 6.99. The molecule has 1 aliphatic rings. The summed E-state index contributed by atoms with van der Waals surface area (Å²) >= 11 is 0. The second-order valence-corrected chi connectivity index (χ2v) is 5.11. The van der Waals surface area contributed by atoms with Crippen LogP contribution in [-0.2, 0) is 9.59 Å². The lowest BCUT2D eigenvalue weighted by Crippen LogP contribution is -2.41. The zero-order valence-corrected chi connectivity index (χ0v) is 11.1. The Hall–Kier alpha value is -0.860. The normalized spacial score (nSPS) is 20.6. The summed E-state index contributed by atoms with van der Waals surface area (Å²) in [6.45, 7) is 4.22. The summed E-state index contributed by atoms with van der Waals surface area (Å²) in [6.07, 6.45) is 7.12. The molecule has 0 spiro atoms. The molecule has 1 fully saturated rings. The van der Waals surface area contributed by atoms with E-state index in [-0.39, 0.29) is 17.9 Å². The number of nitrogens with one attached hydrogen (secondary N) is 1. The molecule has 1 atom stereocenters. The minimum Gasteiger partial charge on any atom is -0.353 e. The highest BCUT2D eigenvalue weighted by atomic mass is 16.2. The van der Waals surface area contributed by atoms with Crippen LogP contribution in [0.5, 0.6) is 0 Å². The Morgan fingerprint density at radius 1 is 1.35 bits per heavy atom. The second kappa shape index (κ2) is 7.46. The van der Waals surface area contributed by atoms with Gasteiger partial charge in [-0.25, -0.2) is 0 Å². The molecular formula is C14H25NO2. The Balaban J connectivity index is 2.41. The fourth-order valence-corrected chi connectivity index (χ4v) is 2.57. The molecule has 0 heterocycles. The molecule has 17 heavy (non-hydrogen) atoms. The zero-order valence-electron chi connectivity index (χ0n) is 11.1. The van der Waals surface area contributed by atoms with Crippen LogP contribution < -0.4 is 5.32 Å². The average Bonchev–Trinajstić information content (AvgIpc) is 2.28. The Kier molecular flexibility index (Phi) is 6.23. The standard InChI is InChI=1S/C14H25NO2/c1-3-6-11(7-4-2)14(17)15-12-8-5-9-13(16)10-12/h11-12H,3-10H2,1-2H3,(H,15,17). The van der Waals surface area contributed by atoms with Crippen molar-refractivity contribution in [3.05, 3.63) is 0 Å². The predicted octanol–water partition coefficient (Wildman–Crippen LogP) is 2.83. The first-order chi connectivity index (χ1) is 8.17. The molecule has 1 rings (SSSR count). The lowest BCUT2D eigenvalue weighted by molar-refractivity contribution is -0.127. The van der Waals surface area contributed by atoms with E-state index in [1.807, 2.05) is 0 Å². The number of ketones is 1. The first-order valence-corrected chi connectivity index (χ1v) is 6.99. The van der Waals surface area contributed by atoms with Gasteiger partial charge in [0.1, 0.15) is 5.78 Å². The van der Waals surface area contributed by atoms with E-state index in [9.17, 15) is 9.59 Å². The summed E-state index contributed by atoms with van der Waals surface area (Å²) in [4.78, 5) is 23.4. The molecule has 1 amide bonds. The minimum absolute atomic E-state index is 0.0972. The molecule has 0 saturated heterocycles. The topological polar surface area (TPSA) is 46.2 Å². The highest BCUT2D eigenvalue weighted by molar-refractivity contribution is 5.82. The largest absolute Gasteiger partial charge is 0.353 e. The van der Waals surface area contributed by atoms with E-state index in [1.165, 1.54) is 0 Å². The minimum atomic E-state index is 0.0972. The van der Waals surface area contributed by atoms with Gasteiger partial charge in [0.15, 0.2) is 0 Å². The summed E-state index contributed by atoms with van der Waals surface area (Å²) in [6, 6.07) is 0.0972. The van der Waals surface area contributed by atoms with Crippen LogP contribution in [0.1, 0.15) is 65.2 Å². The fraction of sp³-hybridized carbons (Fsp3) is 0.857. The molecule has 98 valence electrons. The van der Waals surface area contributed by atoms with Gasteiger partial charge in [0.25, 0.3) is 0 Å². The summed E-state index contributed by atoms with van der Waals surface area (Å²) < 4.78 is 0. The fourth-order valence-electron chi connectivity index (χ4n) is 2.57. The van der Waals surface area contributed by atoms with Gasteiger partial charge in [-0.1, -0.05) is 26.7 Å². The van der Waals surface area contributed by atoms with Crippen molar-refractivity contribution in [3.8, 4) is 0 Å². The smallest absolute Gasteiger partial charge is 0.223 e. The molecule has 1 aliphatic carbocycles. The third-order valence-electron chi connectivity index (χ3n) is 3.47. The first kappa shape index (κ1) is 14.2. The number of hydrogen-bond donors (Lipinski definition) is 1. The molecule has 0 aromatic heterocycles. The highest BCUT2D eigenvalue weighted by Gasteiger charge is 2.24. The van der Waals surface area contributed by atoms with Crippen LogP contribution >= 0.6 is 0 Å². The zero-order chi connectivity index (χ0) is 12.7. The molecule has 0 radical (unpaired) electrons. The number of rotatable bonds is 6. The molecular weight excluding hydrogens is 214 g/mol. The summed E-state index contributed by atoms with van der Waals surface area (Å²) in [7, 11) is 0. The van der Waals surface area contributed by atoms with Gasteiger partial charge in [0.2, 0.25) is 5.91 Å². The van der Waals surface area contributed by atoms with Crippen molar-refractivity contribution in [1.82, 2.24) is 5.32 Å². The van der Waals surface area contributed by atoms with Crippen LogP contribution in [0.2, 0.25) is 0 Å². The maximum Gasteiger partial charge on any atom is 0.223 e. The molecule has 0 bridgehead atoms. The molecule has 3 heteroatoms. The van der Waals surface area contributed by atoms with Gasteiger partial charge in [-0.05, 0) is 25.7 Å². The average molecular weight is 239 g/mol. The van der Waals surface area contributed by atoms with Crippen LogP contribution in [0, 0.1) is 5.92 Å². The van der Waals surface area contributed by atoms with Crippen LogP contribution in [-0.4, -0.2) is 17.7 Å². The lowest BCUT2D eigenvalue weighted by atomic mass is 9.92. The van der Waals surface area contributed by atoms with E-state index in [2.05, 4.69) is 19.2 Å². The molecule has 0 aromatic carbocycles. The number of Topliss-reactive ketones (excluding diaryl/α,β-unsaturated/α-hetero) is 1. The highest BCUT2D eigenvalue weighted by Crippen LogP contribution is 2.18. The van der Waals surface area contributed by atoms with E-state index in [0.29, 0.717) is 18.6 Å². The number of amides is 1. The Labute approximate surface area is 104 Å². The van der Waals surface area contributed by atoms with Crippen molar-refractivity contribution in [1.29, 1.82) is 0 Å². The summed E-state index contributed by atoms with van der Waals surface area (Å²) in [5.41, 5.74) is 0. The van der Waals surface area contributed by atoms with Gasteiger partial charge in [-0.3, -0.25) is 9.59 Å². The van der Waals surface area contributed by atoms with Crippen LogP contribution in [0.3, 0.4) is 0 Å². The van der Waals surface area contributed by atoms with E-state index in [0.717, 1.165) is 38.5 Å². The number of carbonyl (C=O) groups excluding carboxylic acids is 2. The molecule has 0 aliphatic heterocycles. The quantitative estimate of drug-likeness (QED) is 0.774. The van der Waals surface area contributed by atoms with Gasteiger partial charge < -0.3 is 5.32 Å². The second-order valence-electron chi connectivity index (χ2n) is 5.11. The van der Waals surface area contributed by atoms with Gasteiger partial charge in [0.05, 0.1) is 0 Å². The van der Waals surface area contributed by atoms with E-state index >= 15 is 0 Å². The van der Waals surface area contributed by atoms with Gasteiger partial charge in [-0.15, -0.1) is 0 Å². The van der Waals surface area contributed by atoms with Crippen molar-refractivity contribution in [2.24, 2.45) is 5.92 Å². The Bertz CT molecular complexity index is 257. The Morgan fingerprint density at radius 3 is 2.53 bits per heavy atom. The summed E-state index contributed by atoms with van der Waals surface area (Å²) in [5.74, 6) is 0.597. The summed E-state index contributed by atoms with van der Waals surface area (Å²) in [5, 5.41) is 3.06. The number of hydrogen-bond acceptors (Lipinski definition) is 2. The van der Waals surface area contributed by atoms with Gasteiger partial charge >= 0.3 is 0 Å². The van der Waals surface area contributed by atoms with Gasteiger partial charge in [0, 0.05) is 24.8 Å². The van der Waals surface area contributed by atoms with Crippen LogP contribution in [0.15, 0.2) is 0 Å². The molecule has 0 aromatic rings. The Morgan fingerprint density at radius 2 is 2.00 bits per heavy atom. The van der Waals surface area contributed by atoms with Crippen LogP contribution in [0.25, 0.3) is 0 Å². The van der Waals surface area contributed by atoms with E-state index in [4.69, 9.17) is 0 Å². The predicted molar refractivity (Wildman–Crippen MR) is 68.7 cm³/mol. The lowest BCUT2D eigenvalue weighted by Gasteiger charge is -2.24. The van der Waals surface area contributed by atoms with Gasteiger partial charge in [-0.2, -0.15) is 0 Å². The van der Waals surface area contributed by atoms with E-state index < -0.39 is 0 Å². The van der Waals surface area contributed by atoms with Crippen molar-refractivity contribution in [3.63, 3.8) is 0 Å². The van der Waals surface area contributed by atoms with E-state index in [1.54, 1.807) is 0 Å². The van der Waals surface area contributed by atoms with Crippen LogP contribution in [0.4, 0.5) is 0 Å². The third kappa shape index (κ3) is 4.88. The molecule has 1 unspecified atom stereocenters. The maximum atomic E-state index is 12.1. The van der Waals surface area contributed by atoms with Crippen molar-refractivity contribution in [2.75, 3.05) is 0 Å². The van der Waals surface area contributed by atoms with Crippen molar-refractivity contribution >= 4 is 11.7 Å². The molecule has 1 saturated carbocycles. The number of carbonyl (C=O) groups is 2. The molecule has 1 N–H and O–H groups in total. The maximum absolute atomic E-state index is 12.1. The monoisotopic (exact) mass is 239 g/mol.